The Morgan fingerprint density at radius 3 is 2.50 bits per heavy atom. The zero-order valence-electron chi connectivity index (χ0n) is 6.93. The van der Waals surface area contributed by atoms with E-state index in [1.807, 2.05) is 0 Å². The summed E-state index contributed by atoms with van der Waals surface area (Å²) in [5, 5.41) is 0. The van der Waals surface area contributed by atoms with E-state index in [1.165, 1.54) is 0 Å². The second-order valence-electron chi connectivity index (χ2n) is 2.33. The molecule has 0 unspecified atom stereocenters. The van der Waals surface area contributed by atoms with E-state index < -0.39 is 18.4 Å². The topological polar surface area (TPSA) is 52.3 Å². The monoisotopic (exact) mass is 181 g/mol. The van der Waals surface area contributed by atoms with Crippen LogP contribution in [0.2, 0.25) is 0 Å². The standard InChI is InChI=1S/C7H13F2NO2/c1-2-12-7(11)5(10)3-4-6(8)9/h5-6H,2-4,10H2,1H3/t5-/m1/s1. The number of carbonyl (C=O) groups is 1. The van der Waals surface area contributed by atoms with E-state index >= 15 is 0 Å². The van der Waals surface area contributed by atoms with Crippen molar-refractivity contribution in [3.8, 4) is 0 Å². The summed E-state index contributed by atoms with van der Waals surface area (Å²) in [6.07, 6.45) is -2.80. The van der Waals surface area contributed by atoms with E-state index in [9.17, 15) is 13.6 Å². The van der Waals surface area contributed by atoms with Crippen LogP contribution in [-0.4, -0.2) is 25.0 Å². The Labute approximate surface area is 69.9 Å². The molecular formula is C7H13F2NO2. The van der Waals surface area contributed by atoms with Crippen molar-refractivity contribution in [1.82, 2.24) is 0 Å². The highest BCUT2D eigenvalue weighted by Gasteiger charge is 2.16. The summed E-state index contributed by atoms with van der Waals surface area (Å²) in [4.78, 5) is 10.8. The summed E-state index contributed by atoms with van der Waals surface area (Å²) >= 11 is 0. The van der Waals surface area contributed by atoms with Crippen molar-refractivity contribution in [3.63, 3.8) is 0 Å². The first kappa shape index (κ1) is 11.3. The van der Waals surface area contributed by atoms with E-state index in [-0.39, 0.29) is 19.4 Å². The minimum atomic E-state index is -2.41. The third kappa shape index (κ3) is 5.01. The lowest BCUT2D eigenvalue weighted by Crippen LogP contribution is -2.32. The largest absolute Gasteiger partial charge is 0.465 e. The molecule has 0 rings (SSSR count). The van der Waals surface area contributed by atoms with Crippen molar-refractivity contribution in [2.75, 3.05) is 6.61 Å². The Morgan fingerprint density at radius 1 is 1.50 bits per heavy atom. The maximum atomic E-state index is 11.6. The van der Waals surface area contributed by atoms with Crippen molar-refractivity contribution in [2.45, 2.75) is 32.2 Å². The maximum absolute atomic E-state index is 11.6. The first-order valence-electron chi connectivity index (χ1n) is 3.78. The molecule has 1 atom stereocenters. The van der Waals surface area contributed by atoms with Gasteiger partial charge in [0.05, 0.1) is 6.61 Å². The summed E-state index contributed by atoms with van der Waals surface area (Å²) in [6.45, 7) is 1.86. The number of hydrogen-bond donors (Lipinski definition) is 1. The number of halogens is 2. The van der Waals surface area contributed by atoms with Gasteiger partial charge in [-0.25, -0.2) is 8.78 Å². The molecule has 0 saturated carbocycles. The van der Waals surface area contributed by atoms with Gasteiger partial charge in [0.25, 0.3) is 0 Å². The van der Waals surface area contributed by atoms with Gasteiger partial charge in [-0.3, -0.25) is 4.79 Å². The van der Waals surface area contributed by atoms with Gasteiger partial charge < -0.3 is 10.5 Å². The Morgan fingerprint density at radius 2 is 2.08 bits per heavy atom. The molecule has 0 aromatic heterocycles. The van der Waals surface area contributed by atoms with Crippen LogP contribution in [0, 0.1) is 0 Å². The fourth-order valence-corrected chi connectivity index (χ4v) is 0.673. The van der Waals surface area contributed by atoms with Crippen LogP contribution in [0.5, 0.6) is 0 Å². The number of alkyl halides is 2. The van der Waals surface area contributed by atoms with Crippen LogP contribution in [0.4, 0.5) is 8.78 Å². The molecule has 0 aliphatic heterocycles. The summed E-state index contributed by atoms with van der Waals surface area (Å²) < 4.78 is 27.8. The molecule has 0 spiro atoms. The zero-order valence-corrected chi connectivity index (χ0v) is 6.93. The fraction of sp³-hybridized carbons (Fsp3) is 0.857. The molecular weight excluding hydrogens is 168 g/mol. The molecule has 0 aliphatic carbocycles. The molecule has 0 aromatic rings. The van der Waals surface area contributed by atoms with E-state index in [4.69, 9.17) is 5.73 Å². The van der Waals surface area contributed by atoms with Crippen molar-refractivity contribution in [3.05, 3.63) is 0 Å². The number of carbonyl (C=O) groups excluding carboxylic acids is 1. The highest BCUT2D eigenvalue weighted by molar-refractivity contribution is 5.75. The quantitative estimate of drug-likeness (QED) is 0.642. The highest BCUT2D eigenvalue weighted by Crippen LogP contribution is 2.05. The lowest BCUT2D eigenvalue weighted by atomic mass is 10.2. The predicted molar refractivity (Wildman–Crippen MR) is 39.8 cm³/mol. The molecule has 0 radical (unpaired) electrons. The van der Waals surface area contributed by atoms with Crippen molar-refractivity contribution in [1.29, 1.82) is 0 Å². The maximum Gasteiger partial charge on any atom is 0.322 e. The summed E-state index contributed by atoms with van der Waals surface area (Å²) in [6, 6.07) is -0.918. The van der Waals surface area contributed by atoms with E-state index in [0.29, 0.717) is 0 Å². The average Bonchev–Trinajstić information content (AvgIpc) is 2.00. The van der Waals surface area contributed by atoms with Crippen LogP contribution < -0.4 is 5.73 Å². The number of rotatable bonds is 5. The molecule has 0 aromatic carbocycles. The molecule has 72 valence electrons. The van der Waals surface area contributed by atoms with Crippen LogP contribution in [-0.2, 0) is 9.53 Å². The second kappa shape index (κ2) is 5.88. The smallest absolute Gasteiger partial charge is 0.322 e. The van der Waals surface area contributed by atoms with Gasteiger partial charge in [0.15, 0.2) is 0 Å². The number of hydrogen-bond acceptors (Lipinski definition) is 3. The molecule has 12 heavy (non-hydrogen) atoms. The van der Waals surface area contributed by atoms with Crippen molar-refractivity contribution in [2.24, 2.45) is 5.73 Å². The molecule has 0 saturated heterocycles. The fourth-order valence-electron chi connectivity index (χ4n) is 0.673. The first-order chi connectivity index (χ1) is 5.57. The van der Waals surface area contributed by atoms with Gasteiger partial charge in [-0.2, -0.15) is 0 Å². The highest BCUT2D eigenvalue weighted by atomic mass is 19.3. The molecule has 0 amide bonds. The Kier molecular flexibility index (Phi) is 5.53. The number of ether oxygens (including phenoxy) is 1. The lowest BCUT2D eigenvalue weighted by molar-refractivity contribution is -0.144. The van der Waals surface area contributed by atoms with Crippen LogP contribution in [0.15, 0.2) is 0 Å². The van der Waals surface area contributed by atoms with Gasteiger partial charge in [0, 0.05) is 6.42 Å². The van der Waals surface area contributed by atoms with Gasteiger partial charge in [0.2, 0.25) is 6.43 Å². The number of nitrogens with two attached hydrogens (primary N) is 1. The van der Waals surface area contributed by atoms with Crippen LogP contribution >= 0.6 is 0 Å². The normalized spacial score (nSPS) is 13.1. The van der Waals surface area contributed by atoms with Crippen LogP contribution in [0.1, 0.15) is 19.8 Å². The van der Waals surface area contributed by atoms with Gasteiger partial charge in [0.1, 0.15) is 6.04 Å². The SMILES string of the molecule is CCOC(=O)[C@H](N)CCC(F)F. The molecule has 0 fully saturated rings. The summed E-state index contributed by atoms with van der Waals surface area (Å²) in [5.41, 5.74) is 5.24. The average molecular weight is 181 g/mol. The second-order valence-corrected chi connectivity index (χ2v) is 2.33. The molecule has 2 N–H and O–H groups in total. The van der Waals surface area contributed by atoms with Crippen molar-refractivity contribution >= 4 is 5.97 Å². The lowest BCUT2D eigenvalue weighted by Gasteiger charge is -2.09. The van der Waals surface area contributed by atoms with Crippen LogP contribution in [0.25, 0.3) is 0 Å². The van der Waals surface area contributed by atoms with Crippen molar-refractivity contribution < 1.29 is 18.3 Å². The minimum absolute atomic E-state index is 0.0312. The van der Waals surface area contributed by atoms with Gasteiger partial charge in [-0.1, -0.05) is 0 Å². The van der Waals surface area contributed by atoms with Gasteiger partial charge >= 0.3 is 5.97 Å². The Bertz CT molecular complexity index is 141. The third-order valence-electron chi connectivity index (χ3n) is 1.29. The molecule has 0 heterocycles. The van der Waals surface area contributed by atoms with E-state index in [0.717, 1.165) is 0 Å². The minimum Gasteiger partial charge on any atom is -0.465 e. The molecule has 0 aliphatic rings. The third-order valence-corrected chi connectivity index (χ3v) is 1.29. The van der Waals surface area contributed by atoms with E-state index in [2.05, 4.69) is 4.74 Å². The molecule has 5 heteroatoms. The first-order valence-corrected chi connectivity index (χ1v) is 3.78. The van der Waals surface area contributed by atoms with Crippen LogP contribution in [0.3, 0.4) is 0 Å². The summed E-state index contributed by atoms with van der Waals surface area (Å²) in [7, 11) is 0. The Balaban J connectivity index is 3.56. The van der Waals surface area contributed by atoms with E-state index in [1.54, 1.807) is 6.92 Å². The van der Waals surface area contributed by atoms with Gasteiger partial charge in [-0.05, 0) is 13.3 Å². The zero-order chi connectivity index (χ0) is 9.56. The number of esters is 1. The van der Waals surface area contributed by atoms with Gasteiger partial charge in [-0.15, -0.1) is 0 Å². The molecule has 3 nitrogen and oxygen atoms in total. The Hall–Kier alpha value is -0.710. The predicted octanol–water partition coefficient (Wildman–Crippen LogP) is 0.922. The molecule has 0 bridgehead atoms. The summed E-state index contributed by atoms with van der Waals surface area (Å²) in [5.74, 6) is -0.613.